The smallest absolute Gasteiger partial charge is 0.164 e. The fraction of sp³-hybridized carbons (Fsp3) is 0. The summed E-state index contributed by atoms with van der Waals surface area (Å²) in [6, 6.07) is 60.7. The highest BCUT2D eigenvalue weighted by Gasteiger charge is 2.22. The van der Waals surface area contributed by atoms with Crippen LogP contribution in [0.2, 0.25) is 0 Å². The lowest BCUT2D eigenvalue weighted by molar-refractivity contribution is 1.08. The van der Waals surface area contributed by atoms with Crippen molar-refractivity contribution in [2.24, 2.45) is 0 Å². The van der Waals surface area contributed by atoms with Gasteiger partial charge < -0.3 is 4.57 Å². The van der Waals surface area contributed by atoms with Crippen molar-refractivity contribution >= 4 is 95.6 Å². The number of nitrogens with zero attached hydrogens (tertiary/aromatic N) is 4. The predicted octanol–water partition coefficient (Wildman–Crippen LogP) is 13.9. The van der Waals surface area contributed by atoms with Crippen LogP contribution in [0.25, 0.3) is 113 Å². The van der Waals surface area contributed by atoms with Gasteiger partial charge in [0.1, 0.15) is 0 Å². The van der Waals surface area contributed by atoms with E-state index in [2.05, 4.69) is 174 Å². The third-order valence-corrected chi connectivity index (χ3v) is 13.1. The van der Waals surface area contributed by atoms with Gasteiger partial charge in [0, 0.05) is 73.2 Å². The normalized spacial score (nSPS) is 12.0. The van der Waals surface area contributed by atoms with E-state index in [-0.39, 0.29) is 0 Å². The van der Waals surface area contributed by atoms with E-state index < -0.39 is 0 Å². The van der Waals surface area contributed by atoms with E-state index in [0.29, 0.717) is 17.5 Å². The molecular weight excluding hydrogens is 709 g/mol. The van der Waals surface area contributed by atoms with Gasteiger partial charge in [0.05, 0.1) is 16.7 Å². The summed E-state index contributed by atoms with van der Waals surface area (Å²) in [5, 5.41) is 9.60. The van der Waals surface area contributed by atoms with E-state index in [1.54, 1.807) is 0 Å². The van der Waals surface area contributed by atoms with Crippen molar-refractivity contribution < 1.29 is 0 Å². The van der Waals surface area contributed by atoms with Crippen LogP contribution in [0.1, 0.15) is 0 Å². The summed E-state index contributed by atoms with van der Waals surface area (Å²) < 4.78 is 7.35. The van der Waals surface area contributed by atoms with Crippen LogP contribution in [0.4, 0.5) is 0 Å². The molecule has 8 aromatic carbocycles. The molecule has 0 unspecified atom stereocenters. The van der Waals surface area contributed by atoms with Crippen molar-refractivity contribution in [1.82, 2.24) is 19.5 Å². The molecule has 4 nitrogen and oxygen atoms in total. The molecule has 4 heterocycles. The number of thiophene rings is 2. The standard InChI is InChI=1S/C49H28N4S2/c1-2-14-31-29(12-1)13-9-21-38(31)53-39-20-6-3-16-34(39)45-36(18-10-22-40(45)53)48-50-47(30-26-27-33-32-15-4-7-23-41(32)55-44(33)28-30)51-49(52-48)37-19-11-25-43-46(37)35-17-5-8-24-42(35)54-43/h1-28H. The first-order valence-corrected chi connectivity index (χ1v) is 20.0. The van der Waals surface area contributed by atoms with Crippen LogP contribution in [-0.4, -0.2) is 19.5 Å². The highest BCUT2D eigenvalue weighted by molar-refractivity contribution is 7.26. The van der Waals surface area contributed by atoms with Gasteiger partial charge in [-0.3, -0.25) is 0 Å². The quantitative estimate of drug-likeness (QED) is 0.181. The van der Waals surface area contributed by atoms with Crippen LogP contribution in [0.5, 0.6) is 0 Å². The summed E-state index contributed by atoms with van der Waals surface area (Å²) >= 11 is 3.62. The molecule has 6 heteroatoms. The van der Waals surface area contributed by atoms with Crippen LogP contribution in [-0.2, 0) is 0 Å². The van der Waals surface area contributed by atoms with E-state index in [9.17, 15) is 0 Å². The van der Waals surface area contributed by atoms with E-state index in [0.717, 1.165) is 44.2 Å². The number of aromatic nitrogens is 4. The molecule has 0 radical (unpaired) electrons. The molecular formula is C49H28N4S2. The van der Waals surface area contributed by atoms with Gasteiger partial charge in [-0.2, -0.15) is 0 Å². The Morgan fingerprint density at radius 1 is 0.364 bits per heavy atom. The molecule has 256 valence electrons. The third kappa shape index (κ3) is 4.65. The summed E-state index contributed by atoms with van der Waals surface area (Å²) in [6.45, 7) is 0. The van der Waals surface area contributed by atoms with Gasteiger partial charge in [-0.05, 0) is 47.9 Å². The fourth-order valence-electron chi connectivity index (χ4n) is 8.44. The minimum atomic E-state index is 0.652. The molecule has 4 aromatic heterocycles. The van der Waals surface area contributed by atoms with Crippen molar-refractivity contribution in [2.45, 2.75) is 0 Å². The van der Waals surface area contributed by atoms with Gasteiger partial charge in [-0.25, -0.2) is 15.0 Å². The van der Waals surface area contributed by atoms with Crippen molar-refractivity contribution in [2.75, 3.05) is 0 Å². The average molecular weight is 737 g/mol. The summed E-state index contributed by atoms with van der Waals surface area (Å²) in [4.78, 5) is 16.1. The number of fused-ring (bicyclic) bond motifs is 10. The molecule has 0 aliphatic heterocycles. The molecule has 0 spiro atoms. The zero-order valence-corrected chi connectivity index (χ0v) is 30.9. The number of hydrogen-bond acceptors (Lipinski definition) is 5. The van der Waals surface area contributed by atoms with Crippen molar-refractivity contribution in [3.8, 4) is 39.9 Å². The first kappa shape index (κ1) is 30.7. The first-order chi connectivity index (χ1) is 27.3. The summed E-state index contributed by atoms with van der Waals surface area (Å²) in [6.07, 6.45) is 0. The number of benzene rings is 8. The maximum atomic E-state index is 5.40. The first-order valence-electron chi connectivity index (χ1n) is 18.4. The minimum Gasteiger partial charge on any atom is -0.309 e. The SMILES string of the molecule is c1ccc2c(-n3c4ccccc4c4c(-c5nc(-c6ccc7c(c6)sc6ccccc67)nc(-c6cccc7sc8ccccc8c67)n5)cccc43)cccc2c1. The molecule has 12 aromatic rings. The maximum Gasteiger partial charge on any atom is 0.164 e. The Hall–Kier alpha value is -6.73. The second kappa shape index (κ2) is 11.9. The molecule has 0 aliphatic rings. The lowest BCUT2D eigenvalue weighted by Crippen LogP contribution is -2.01. The molecule has 0 amide bonds. The Morgan fingerprint density at radius 2 is 0.927 bits per heavy atom. The molecule has 0 aliphatic carbocycles. The lowest BCUT2D eigenvalue weighted by Gasteiger charge is -2.12. The Morgan fingerprint density at radius 3 is 1.78 bits per heavy atom. The Balaban J connectivity index is 1.16. The van der Waals surface area contributed by atoms with Gasteiger partial charge in [-0.1, -0.05) is 127 Å². The lowest BCUT2D eigenvalue weighted by atomic mass is 10.0. The third-order valence-electron chi connectivity index (χ3n) is 10.9. The van der Waals surface area contributed by atoms with Gasteiger partial charge in [-0.15, -0.1) is 22.7 Å². The van der Waals surface area contributed by atoms with Gasteiger partial charge in [0.15, 0.2) is 17.5 Å². The van der Waals surface area contributed by atoms with Gasteiger partial charge in [0.2, 0.25) is 0 Å². The number of para-hydroxylation sites is 1. The molecule has 0 saturated carbocycles. The van der Waals surface area contributed by atoms with Crippen molar-refractivity contribution in [3.05, 3.63) is 170 Å². The zero-order valence-electron chi connectivity index (χ0n) is 29.3. The van der Waals surface area contributed by atoms with E-state index in [1.165, 1.54) is 51.1 Å². The Kier molecular flexibility index (Phi) is 6.64. The second-order valence-electron chi connectivity index (χ2n) is 13.9. The Labute approximate surface area is 323 Å². The van der Waals surface area contributed by atoms with Crippen LogP contribution in [0.15, 0.2) is 170 Å². The zero-order chi connectivity index (χ0) is 36.0. The van der Waals surface area contributed by atoms with Crippen LogP contribution >= 0.6 is 22.7 Å². The molecule has 0 N–H and O–H groups in total. The highest BCUT2D eigenvalue weighted by Crippen LogP contribution is 2.43. The fourth-order valence-corrected chi connectivity index (χ4v) is 10.7. The van der Waals surface area contributed by atoms with E-state index in [1.807, 2.05) is 22.7 Å². The molecule has 55 heavy (non-hydrogen) atoms. The molecule has 0 bridgehead atoms. The number of rotatable bonds is 4. The monoisotopic (exact) mass is 736 g/mol. The van der Waals surface area contributed by atoms with E-state index in [4.69, 9.17) is 15.0 Å². The van der Waals surface area contributed by atoms with E-state index >= 15 is 0 Å². The van der Waals surface area contributed by atoms with Crippen LogP contribution < -0.4 is 0 Å². The van der Waals surface area contributed by atoms with Crippen molar-refractivity contribution in [1.29, 1.82) is 0 Å². The summed E-state index contributed by atoms with van der Waals surface area (Å²) in [7, 11) is 0. The molecule has 0 fully saturated rings. The van der Waals surface area contributed by atoms with Crippen LogP contribution in [0.3, 0.4) is 0 Å². The second-order valence-corrected chi connectivity index (χ2v) is 16.1. The summed E-state index contributed by atoms with van der Waals surface area (Å²) in [5.74, 6) is 1.98. The topological polar surface area (TPSA) is 43.6 Å². The highest BCUT2D eigenvalue weighted by atomic mass is 32.1. The van der Waals surface area contributed by atoms with Gasteiger partial charge in [0.25, 0.3) is 0 Å². The predicted molar refractivity (Wildman–Crippen MR) is 234 cm³/mol. The largest absolute Gasteiger partial charge is 0.309 e. The summed E-state index contributed by atoms with van der Waals surface area (Å²) in [5.41, 5.74) is 6.34. The maximum absolute atomic E-state index is 5.40. The van der Waals surface area contributed by atoms with Crippen molar-refractivity contribution in [3.63, 3.8) is 0 Å². The number of hydrogen-bond donors (Lipinski definition) is 0. The molecule has 12 rings (SSSR count). The van der Waals surface area contributed by atoms with Crippen LogP contribution in [0, 0.1) is 0 Å². The van der Waals surface area contributed by atoms with Gasteiger partial charge >= 0.3 is 0 Å². The Bertz CT molecular complexity index is 3510. The average Bonchev–Trinajstić information content (AvgIpc) is 3.92. The molecule has 0 saturated heterocycles. The minimum absolute atomic E-state index is 0.652. The molecule has 0 atom stereocenters.